The van der Waals surface area contributed by atoms with Crippen LogP contribution in [0.5, 0.6) is 17.4 Å². The Morgan fingerprint density at radius 1 is 1.24 bits per heavy atom. The number of rotatable bonds is 5. The molecular formula is C13H15N3O5. The van der Waals surface area contributed by atoms with Gasteiger partial charge in [-0.1, -0.05) is 0 Å². The monoisotopic (exact) mass is 293 g/mol. The van der Waals surface area contributed by atoms with Crippen molar-refractivity contribution < 1.29 is 24.1 Å². The Labute approximate surface area is 120 Å². The minimum atomic E-state index is -1.27. The fourth-order valence-corrected chi connectivity index (χ4v) is 1.70. The zero-order chi connectivity index (χ0) is 15.4. The topological polar surface area (TPSA) is 109 Å². The maximum Gasteiger partial charge on any atom is 0.434 e. The van der Waals surface area contributed by atoms with Crippen molar-refractivity contribution >= 4 is 11.9 Å². The maximum absolute atomic E-state index is 10.8. The van der Waals surface area contributed by atoms with Crippen molar-refractivity contribution in [2.45, 2.75) is 6.61 Å². The van der Waals surface area contributed by atoms with Gasteiger partial charge in [0.1, 0.15) is 23.9 Å². The maximum atomic E-state index is 10.8. The van der Waals surface area contributed by atoms with E-state index in [0.29, 0.717) is 16.2 Å². The first-order valence-corrected chi connectivity index (χ1v) is 5.97. The van der Waals surface area contributed by atoms with Gasteiger partial charge in [0, 0.05) is 12.1 Å². The number of benzene rings is 1. The fourth-order valence-electron chi connectivity index (χ4n) is 1.70. The zero-order valence-corrected chi connectivity index (χ0v) is 11.6. The highest BCUT2D eigenvalue weighted by Crippen LogP contribution is 2.23. The van der Waals surface area contributed by atoms with E-state index in [1.165, 1.54) is 6.07 Å². The molecule has 0 radical (unpaired) electrons. The molecule has 2 aromatic rings. The summed E-state index contributed by atoms with van der Waals surface area (Å²) in [5.41, 5.74) is 6.29. The standard InChI is InChI=1S/C13H15N3O5/c1-19-9-3-8(4-10(5-9)20-2)7-21-12-6-11(14)16(15-12)13(17)18/h3-6H,7,14H2,1-2H3,(H,17,18). The molecule has 0 amide bonds. The SMILES string of the molecule is COc1cc(COc2cc(N)n(C(=O)O)n2)cc(OC)c1. The molecule has 3 N–H and O–H groups in total. The van der Waals surface area contributed by atoms with E-state index in [2.05, 4.69) is 5.10 Å². The summed E-state index contributed by atoms with van der Waals surface area (Å²) in [5, 5.41) is 12.5. The van der Waals surface area contributed by atoms with E-state index < -0.39 is 6.09 Å². The van der Waals surface area contributed by atoms with Crippen molar-refractivity contribution in [2.75, 3.05) is 20.0 Å². The predicted octanol–water partition coefficient (Wildman–Crippen LogP) is 1.59. The van der Waals surface area contributed by atoms with Crippen molar-refractivity contribution in [1.82, 2.24) is 9.78 Å². The van der Waals surface area contributed by atoms with Gasteiger partial charge in [-0.2, -0.15) is 0 Å². The molecule has 0 unspecified atom stereocenters. The van der Waals surface area contributed by atoms with Crippen LogP contribution in [0.15, 0.2) is 24.3 Å². The third kappa shape index (κ3) is 3.35. The summed E-state index contributed by atoms with van der Waals surface area (Å²) in [6, 6.07) is 6.63. The molecule has 1 heterocycles. The third-order valence-electron chi connectivity index (χ3n) is 2.69. The molecule has 0 saturated carbocycles. The van der Waals surface area contributed by atoms with E-state index in [4.69, 9.17) is 25.1 Å². The number of carbonyl (C=O) groups is 1. The zero-order valence-electron chi connectivity index (χ0n) is 11.6. The Morgan fingerprint density at radius 2 is 1.86 bits per heavy atom. The number of ether oxygens (including phenoxy) is 3. The first-order valence-electron chi connectivity index (χ1n) is 5.97. The lowest BCUT2D eigenvalue weighted by Gasteiger charge is -2.08. The minimum absolute atomic E-state index is 0.0132. The van der Waals surface area contributed by atoms with Crippen LogP contribution < -0.4 is 19.9 Å². The van der Waals surface area contributed by atoms with Gasteiger partial charge in [0.05, 0.1) is 14.2 Å². The second-order valence-electron chi connectivity index (χ2n) is 4.11. The first-order chi connectivity index (χ1) is 10.0. The molecule has 1 aromatic heterocycles. The van der Waals surface area contributed by atoms with Gasteiger partial charge in [-0.25, -0.2) is 4.79 Å². The largest absolute Gasteiger partial charge is 0.497 e. The molecule has 0 spiro atoms. The number of carboxylic acid groups (broad SMARTS) is 1. The summed E-state index contributed by atoms with van der Waals surface area (Å²) < 4.78 is 16.4. The highest BCUT2D eigenvalue weighted by atomic mass is 16.5. The lowest BCUT2D eigenvalue weighted by molar-refractivity contribution is 0.192. The highest BCUT2D eigenvalue weighted by Gasteiger charge is 2.11. The Bertz CT molecular complexity index is 631. The molecule has 0 bridgehead atoms. The van der Waals surface area contributed by atoms with E-state index in [9.17, 15) is 4.79 Å². The van der Waals surface area contributed by atoms with Gasteiger partial charge >= 0.3 is 6.09 Å². The van der Waals surface area contributed by atoms with Gasteiger partial charge in [0.25, 0.3) is 0 Å². The third-order valence-corrected chi connectivity index (χ3v) is 2.69. The summed E-state index contributed by atoms with van der Waals surface area (Å²) in [4.78, 5) is 10.8. The number of hydrogen-bond acceptors (Lipinski definition) is 6. The molecule has 8 nitrogen and oxygen atoms in total. The van der Waals surface area contributed by atoms with Gasteiger partial charge in [-0.15, -0.1) is 9.78 Å². The van der Waals surface area contributed by atoms with Crippen LogP contribution in [0.3, 0.4) is 0 Å². The van der Waals surface area contributed by atoms with E-state index >= 15 is 0 Å². The second kappa shape index (κ2) is 6.04. The molecule has 2 rings (SSSR count). The predicted molar refractivity (Wildman–Crippen MR) is 73.9 cm³/mol. The van der Waals surface area contributed by atoms with Crippen LogP contribution in [0.1, 0.15) is 5.56 Å². The van der Waals surface area contributed by atoms with Gasteiger partial charge in [-0.05, 0) is 17.7 Å². The number of methoxy groups -OCH3 is 2. The second-order valence-corrected chi connectivity index (χ2v) is 4.11. The molecule has 21 heavy (non-hydrogen) atoms. The van der Waals surface area contributed by atoms with Crippen LogP contribution in [0, 0.1) is 0 Å². The smallest absolute Gasteiger partial charge is 0.434 e. The van der Waals surface area contributed by atoms with Crippen LogP contribution in [-0.2, 0) is 6.61 Å². The van der Waals surface area contributed by atoms with Crippen molar-refractivity contribution in [1.29, 1.82) is 0 Å². The molecule has 0 atom stereocenters. The normalized spacial score (nSPS) is 10.2. The minimum Gasteiger partial charge on any atom is -0.497 e. The van der Waals surface area contributed by atoms with Gasteiger partial charge in [0.2, 0.25) is 5.88 Å². The number of nitrogens with zero attached hydrogens (tertiary/aromatic N) is 2. The number of hydrogen-bond donors (Lipinski definition) is 2. The first kappa shape index (κ1) is 14.5. The Kier molecular flexibility index (Phi) is 4.17. The highest BCUT2D eigenvalue weighted by molar-refractivity contribution is 5.71. The average Bonchev–Trinajstić information content (AvgIpc) is 2.86. The van der Waals surface area contributed by atoms with E-state index in [1.807, 2.05) is 0 Å². The van der Waals surface area contributed by atoms with Crippen LogP contribution in [-0.4, -0.2) is 35.2 Å². The van der Waals surface area contributed by atoms with Gasteiger partial charge in [-0.3, -0.25) is 0 Å². The van der Waals surface area contributed by atoms with Crippen LogP contribution >= 0.6 is 0 Å². The molecule has 8 heteroatoms. The van der Waals surface area contributed by atoms with Crippen molar-refractivity contribution in [3.05, 3.63) is 29.8 Å². The number of nitrogen functional groups attached to an aromatic ring is 1. The van der Waals surface area contributed by atoms with Gasteiger partial charge < -0.3 is 25.1 Å². The molecule has 0 aliphatic rings. The number of nitrogens with two attached hydrogens (primary N) is 1. The van der Waals surface area contributed by atoms with Crippen LogP contribution in [0.2, 0.25) is 0 Å². The Hall–Kier alpha value is -2.90. The molecule has 0 aliphatic carbocycles. The molecule has 0 aliphatic heterocycles. The summed E-state index contributed by atoms with van der Waals surface area (Å²) in [6.45, 7) is 0.170. The molecule has 0 fully saturated rings. The fraction of sp³-hybridized carbons (Fsp3) is 0.231. The average molecular weight is 293 g/mol. The molecule has 0 saturated heterocycles. The molecular weight excluding hydrogens is 278 g/mol. The summed E-state index contributed by atoms with van der Waals surface area (Å²) >= 11 is 0. The van der Waals surface area contributed by atoms with Gasteiger partial charge in [0.15, 0.2) is 0 Å². The summed E-state index contributed by atoms with van der Waals surface area (Å²) in [5.74, 6) is 1.37. The lowest BCUT2D eigenvalue weighted by Crippen LogP contribution is -2.12. The quantitative estimate of drug-likeness (QED) is 0.861. The summed E-state index contributed by atoms with van der Waals surface area (Å²) in [6.07, 6.45) is -1.27. The van der Waals surface area contributed by atoms with Crippen molar-refractivity contribution in [3.63, 3.8) is 0 Å². The number of aromatic nitrogens is 2. The molecule has 112 valence electrons. The Morgan fingerprint density at radius 3 is 2.33 bits per heavy atom. The van der Waals surface area contributed by atoms with Crippen molar-refractivity contribution in [3.8, 4) is 17.4 Å². The van der Waals surface area contributed by atoms with E-state index in [1.54, 1.807) is 32.4 Å². The van der Waals surface area contributed by atoms with Crippen LogP contribution in [0.25, 0.3) is 0 Å². The van der Waals surface area contributed by atoms with Crippen molar-refractivity contribution in [2.24, 2.45) is 0 Å². The summed E-state index contributed by atoms with van der Waals surface area (Å²) in [7, 11) is 3.10. The van der Waals surface area contributed by atoms with Crippen LogP contribution in [0.4, 0.5) is 10.6 Å². The Balaban J connectivity index is 2.12. The van der Waals surface area contributed by atoms with E-state index in [-0.39, 0.29) is 18.3 Å². The number of anilines is 1. The lowest BCUT2D eigenvalue weighted by atomic mass is 10.2. The van der Waals surface area contributed by atoms with E-state index in [0.717, 1.165) is 5.56 Å². The molecule has 1 aromatic carbocycles.